The predicted molar refractivity (Wildman–Crippen MR) is 107 cm³/mol. The van der Waals surface area contributed by atoms with E-state index >= 15 is 0 Å². The van der Waals surface area contributed by atoms with Crippen molar-refractivity contribution in [1.82, 2.24) is 14.9 Å². The molecule has 26 heavy (non-hydrogen) atoms. The summed E-state index contributed by atoms with van der Waals surface area (Å²) in [6.07, 6.45) is 6.57. The molecule has 1 saturated heterocycles. The van der Waals surface area contributed by atoms with Crippen LogP contribution in [-0.4, -0.2) is 33.9 Å². The van der Waals surface area contributed by atoms with Crippen LogP contribution in [0.3, 0.4) is 0 Å². The van der Waals surface area contributed by atoms with Crippen molar-refractivity contribution in [3.8, 4) is 0 Å². The Morgan fingerprint density at radius 3 is 3.08 bits per heavy atom. The number of fused-ring (bicyclic) bond motifs is 2. The first-order valence-corrected chi connectivity index (χ1v) is 9.81. The van der Waals surface area contributed by atoms with E-state index < -0.39 is 0 Å². The molecule has 0 amide bonds. The van der Waals surface area contributed by atoms with Crippen molar-refractivity contribution in [3.63, 3.8) is 0 Å². The van der Waals surface area contributed by atoms with Crippen LogP contribution in [0.1, 0.15) is 37.9 Å². The van der Waals surface area contributed by atoms with Gasteiger partial charge in [-0.25, -0.2) is 4.98 Å². The Bertz CT molecular complexity index is 874. The molecule has 0 spiro atoms. The largest absolute Gasteiger partial charge is 0.376 e. The lowest BCUT2D eigenvalue weighted by Gasteiger charge is -2.15. The molecule has 3 heterocycles. The Hall–Kier alpha value is -1.99. The third-order valence-electron chi connectivity index (χ3n) is 5.09. The number of thiocarbonyl (C=S) groups is 1. The Morgan fingerprint density at radius 2 is 2.23 bits per heavy atom. The maximum Gasteiger partial charge on any atom is 0.261 e. The molecule has 7 heteroatoms. The molecule has 0 saturated carbocycles. The zero-order chi connectivity index (χ0) is 17.9. The average Bonchev–Trinajstić information content (AvgIpc) is 3.05. The number of anilines is 1. The molecular formula is C19H24N4O2S. The van der Waals surface area contributed by atoms with Crippen molar-refractivity contribution < 1.29 is 4.74 Å². The lowest BCUT2D eigenvalue weighted by Crippen LogP contribution is -2.34. The minimum Gasteiger partial charge on any atom is -0.376 e. The van der Waals surface area contributed by atoms with Crippen LogP contribution in [0.2, 0.25) is 0 Å². The van der Waals surface area contributed by atoms with Gasteiger partial charge < -0.3 is 15.4 Å². The van der Waals surface area contributed by atoms with E-state index in [1.807, 2.05) is 22.8 Å². The zero-order valence-corrected chi connectivity index (χ0v) is 15.6. The fraction of sp³-hybridized carbons (Fsp3) is 0.526. The Balaban J connectivity index is 1.52. The summed E-state index contributed by atoms with van der Waals surface area (Å²) in [6.45, 7) is 2.30. The summed E-state index contributed by atoms with van der Waals surface area (Å²) in [5, 5.41) is 7.54. The second-order valence-electron chi connectivity index (χ2n) is 7.00. The van der Waals surface area contributed by atoms with Gasteiger partial charge in [0, 0.05) is 31.8 Å². The average molecular weight is 372 g/mol. The highest BCUT2D eigenvalue weighted by Crippen LogP contribution is 2.18. The molecule has 6 nitrogen and oxygen atoms in total. The van der Waals surface area contributed by atoms with Crippen LogP contribution in [0.25, 0.3) is 10.9 Å². The van der Waals surface area contributed by atoms with Gasteiger partial charge >= 0.3 is 0 Å². The number of benzene rings is 1. The first kappa shape index (κ1) is 17.4. The van der Waals surface area contributed by atoms with Crippen LogP contribution < -0.4 is 16.2 Å². The highest BCUT2D eigenvalue weighted by molar-refractivity contribution is 7.80. The zero-order valence-electron chi connectivity index (χ0n) is 14.8. The Kier molecular flexibility index (Phi) is 5.17. The minimum absolute atomic E-state index is 0.0498. The molecule has 1 atom stereocenters. The summed E-state index contributed by atoms with van der Waals surface area (Å²) in [7, 11) is 0. The summed E-state index contributed by atoms with van der Waals surface area (Å²) in [5.41, 5.74) is 1.61. The second-order valence-corrected chi connectivity index (χ2v) is 7.41. The third-order valence-corrected chi connectivity index (χ3v) is 5.33. The SMILES string of the molecule is O=c1c2cc(NC(=S)NCC3CCCO3)ccc2nc2n1CCCCC2. The van der Waals surface area contributed by atoms with Gasteiger partial charge in [-0.05, 0) is 56.1 Å². The highest BCUT2D eigenvalue weighted by atomic mass is 32.1. The van der Waals surface area contributed by atoms with E-state index in [0.29, 0.717) is 17.0 Å². The normalized spacial score (nSPS) is 19.8. The molecule has 2 aliphatic heterocycles. The molecule has 2 N–H and O–H groups in total. The predicted octanol–water partition coefficient (Wildman–Crippen LogP) is 2.59. The fourth-order valence-electron chi connectivity index (χ4n) is 3.68. The lowest BCUT2D eigenvalue weighted by molar-refractivity contribution is 0.114. The van der Waals surface area contributed by atoms with Crippen molar-refractivity contribution in [3.05, 3.63) is 34.4 Å². The molecule has 4 rings (SSSR count). The Morgan fingerprint density at radius 1 is 1.31 bits per heavy atom. The van der Waals surface area contributed by atoms with Gasteiger partial charge in [-0.1, -0.05) is 6.42 Å². The summed E-state index contributed by atoms with van der Waals surface area (Å²) in [6, 6.07) is 5.67. The van der Waals surface area contributed by atoms with Crippen LogP contribution in [-0.2, 0) is 17.7 Å². The molecular weight excluding hydrogens is 348 g/mol. The van der Waals surface area contributed by atoms with Gasteiger partial charge in [0.1, 0.15) is 5.82 Å². The molecule has 2 aromatic rings. The number of rotatable bonds is 3. The van der Waals surface area contributed by atoms with E-state index in [0.717, 1.165) is 68.7 Å². The van der Waals surface area contributed by atoms with E-state index in [2.05, 4.69) is 10.6 Å². The first-order chi connectivity index (χ1) is 12.7. The number of ether oxygens (including phenoxy) is 1. The van der Waals surface area contributed by atoms with Gasteiger partial charge in [0.2, 0.25) is 0 Å². The van der Waals surface area contributed by atoms with E-state index in [-0.39, 0.29) is 11.7 Å². The van der Waals surface area contributed by atoms with Crippen molar-refractivity contribution >= 4 is 33.9 Å². The van der Waals surface area contributed by atoms with Crippen LogP contribution >= 0.6 is 12.2 Å². The molecule has 138 valence electrons. The maximum atomic E-state index is 12.9. The van der Waals surface area contributed by atoms with Crippen LogP contribution in [0.15, 0.2) is 23.0 Å². The fourth-order valence-corrected chi connectivity index (χ4v) is 3.88. The van der Waals surface area contributed by atoms with Crippen molar-refractivity contribution in [2.45, 2.75) is 51.2 Å². The molecule has 0 aliphatic carbocycles. The maximum absolute atomic E-state index is 12.9. The summed E-state index contributed by atoms with van der Waals surface area (Å²) in [5.74, 6) is 0.912. The van der Waals surface area contributed by atoms with Gasteiger partial charge in [-0.3, -0.25) is 9.36 Å². The van der Waals surface area contributed by atoms with Crippen LogP contribution in [0, 0.1) is 0 Å². The smallest absolute Gasteiger partial charge is 0.261 e. The van der Waals surface area contributed by atoms with Crippen molar-refractivity contribution in [2.75, 3.05) is 18.5 Å². The standard InChI is InChI=1S/C19H24N4O2S/c24-18-15-11-13(21-19(26)20-12-14-5-4-10-25-14)7-8-16(15)22-17-6-2-1-3-9-23(17)18/h7-8,11,14H,1-6,9-10,12H2,(H2,20,21,26). The molecule has 0 radical (unpaired) electrons. The first-order valence-electron chi connectivity index (χ1n) is 9.40. The lowest BCUT2D eigenvalue weighted by atomic mass is 10.2. The Labute approximate surface area is 157 Å². The molecule has 1 aromatic carbocycles. The monoisotopic (exact) mass is 372 g/mol. The molecule has 1 unspecified atom stereocenters. The number of nitrogens with one attached hydrogen (secondary N) is 2. The molecule has 0 bridgehead atoms. The van der Waals surface area contributed by atoms with Gasteiger partial charge in [-0.15, -0.1) is 0 Å². The number of nitrogens with zero attached hydrogens (tertiary/aromatic N) is 2. The second kappa shape index (κ2) is 7.72. The molecule has 2 aliphatic rings. The van der Waals surface area contributed by atoms with E-state index in [1.54, 1.807) is 0 Å². The van der Waals surface area contributed by atoms with Gasteiger partial charge in [0.25, 0.3) is 5.56 Å². The van der Waals surface area contributed by atoms with E-state index in [1.165, 1.54) is 0 Å². The summed E-state index contributed by atoms with van der Waals surface area (Å²) >= 11 is 5.36. The third kappa shape index (κ3) is 3.73. The number of hydrogen-bond acceptors (Lipinski definition) is 4. The quantitative estimate of drug-likeness (QED) is 0.808. The van der Waals surface area contributed by atoms with E-state index in [4.69, 9.17) is 21.9 Å². The highest BCUT2D eigenvalue weighted by Gasteiger charge is 2.16. The number of aryl methyl sites for hydroxylation is 1. The van der Waals surface area contributed by atoms with Gasteiger partial charge in [0.05, 0.1) is 17.0 Å². The topological polar surface area (TPSA) is 68.2 Å². The molecule has 1 fully saturated rings. The number of aromatic nitrogens is 2. The van der Waals surface area contributed by atoms with Crippen LogP contribution in [0.4, 0.5) is 5.69 Å². The van der Waals surface area contributed by atoms with Crippen molar-refractivity contribution in [2.24, 2.45) is 0 Å². The van der Waals surface area contributed by atoms with Gasteiger partial charge in [-0.2, -0.15) is 0 Å². The van der Waals surface area contributed by atoms with Crippen molar-refractivity contribution in [1.29, 1.82) is 0 Å². The molecule has 1 aromatic heterocycles. The number of hydrogen-bond donors (Lipinski definition) is 2. The van der Waals surface area contributed by atoms with E-state index in [9.17, 15) is 4.79 Å². The summed E-state index contributed by atoms with van der Waals surface area (Å²) in [4.78, 5) is 17.6. The van der Waals surface area contributed by atoms with Crippen LogP contribution in [0.5, 0.6) is 0 Å². The summed E-state index contributed by atoms with van der Waals surface area (Å²) < 4.78 is 7.43. The minimum atomic E-state index is 0.0498. The van der Waals surface area contributed by atoms with Gasteiger partial charge in [0.15, 0.2) is 5.11 Å².